The second kappa shape index (κ2) is 19.9. The van der Waals surface area contributed by atoms with Crippen molar-refractivity contribution in [2.45, 2.75) is 12.8 Å². The number of hydrogen-bond donors (Lipinski definition) is 0. The van der Waals surface area contributed by atoms with Gasteiger partial charge in [0.1, 0.15) is 0 Å². The van der Waals surface area contributed by atoms with E-state index in [4.69, 9.17) is 0 Å². The Labute approximate surface area is 422 Å². The zero-order valence-corrected chi connectivity index (χ0v) is 39.9. The molecule has 0 aliphatic heterocycles. The number of allylic oxidation sites excluding steroid dienone is 3. The highest BCUT2D eigenvalue weighted by Gasteiger charge is 2.20. The number of hydrogen-bond acceptors (Lipinski definition) is 4. The summed E-state index contributed by atoms with van der Waals surface area (Å²) in [6.07, 6.45) is 8.95. The molecule has 1 aliphatic carbocycles. The third-order valence-electron chi connectivity index (χ3n) is 13.6. The third-order valence-corrected chi connectivity index (χ3v) is 13.6. The summed E-state index contributed by atoms with van der Waals surface area (Å²) in [6, 6.07) is 98.1. The van der Waals surface area contributed by atoms with Gasteiger partial charge in [-0.3, -0.25) is 0 Å². The smallest absolute Gasteiger partial charge is 0.0540 e. The Hall–Kier alpha value is -9.38. The first-order chi connectivity index (χ1) is 35.7. The van der Waals surface area contributed by atoms with Crippen LogP contribution in [0.3, 0.4) is 0 Å². The monoisotopic (exact) mass is 924 g/mol. The topological polar surface area (TPSA) is 13.0 Å². The minimum atomic E-state index is 1.01. The van der Waals surface area contributed by atoms with Crippen LogP contribution >= 0.6 is 0 Å². The minimum absolute atomic E-state index is 1.01. The van der Waals surface area contributed by atoms with E-state index in [-0.39, 0.29) is 0 Å². The van der Waals surface area contributed by atoms with Crippen LogP contribution in [-0.2, 0) is 0 Å². The van der Waals surface area contributed by atoms with E-state index in [1.54, 1.807) is 0 Å². The number of para-hydroxylation sites is 3. The van der Waals surface area contributed by atoms with Gasteiger partial charge in [-0.25, -0.2) is 0 Å². The molecule has 0 aromatic heterocycles. The molecule has 0 saturated heterocycles. The fourth-order valence-electron chi connectivity index (χ4n) is 10.2. The summed E-state index contributed by atoms with van der Waals surface area (Å²) in [7, 11) is 0. The van der Waals surface area contributed by atoms with E-state index >= 15 is 0 Å². The molecule has 4 nitrogen and oxygen atoms in total. The van der Waals surface area contributed by atoms with Gasteiger partial charge in [0.2, 0.25) is 0 Å². The highest BCUT2D eigenvalue weighted by Crippen LogP contribution is 2.44. The number of nitrogens with zero attached hydrogens (tertiary/aromatic N) is 4. The second-order valence-corrected chi connectivity index (χ2v) is 18.1. The van der Waals surface area contributed by atoms with Crippen LogP contribution in [0.5, 0.6) is 0 Å². The van der Waals surface area contributed by atoms with E-state index in [1.165, 1.54) is 27.2 Å². The SMILES string of the molecule is C1=CC(N(c2ccc(-c3ccc(N(c4ccccc4)c4ccc(N(c5ccccc5)c5cccc6ccccc56)cc4)cc3)cc2)c2ccc(N(c3ccccc3)c3cccc4ccccc34)cc2)=CCC1. The number of benzene rings is 11. The van der Waals surface area contributed by atoms with Crippen molar-refractivity contribution in [2.75, 3.05) is 19.6 Å². The van der Waals surface area contributed by atoms with Gasteiger partial charge in [0.15, 0.2) is 0 Å². The second-order valence-electron chi connectivity index (χ2n) is 18.1. The van der Waals surface area contributed by atoms with Gasteiger partial charge in [-0.1, -0.05) is 164 Å². The first kappa shape index (κ1) is 43.9. The molecule has 0 heterocycles. The molecule has 72 heavy (non-hydrogen) atoms. The maximum atomic E-state index is 2.38. The van der Waals surface area contributed by atoms with Gasteiger partial charge in [0, 0.05) is 67.7 Å². The Balaban J connectivity index is 0.840. The fourth-order valence-corrected chi connectivity index (χ4v) is 10.2. The normalized spacial score (nSPS) is 12.1. The molecule has 1 aliphatic rings. The van der Waals surface area contributed by atoms with Crippen molar-refractivity contribution >= 4 is 84.1 Å². The lowest BCUT2D eigenvalue weighted by molar-refractivity contribution is 0.997. The molecular weight excluding hydrogens is 873 g/mol. The van der Waals surface area contributed by atoms with Gasteiger partial charge in [0.05, 0.1) is 11.4 Å². The standard InChI is InChI=1S/C68H52N4/c1-5-23-55(24-6-1)69(61-43-47-63(48-44-61)71(57-27-9-3-10-28-57)67-33-17-21-53-19-13-15-31-65(53)67)59-39-35-51(36-40-59)52-37-41-60(42-38-52)70(56-25-7-2-8-26-56)62-45-49-64(50-46-62)72(58-29-11-4-12-30-58)68-34-18-22-54-20-14-16-32-66(54)68/h1,3-7,9-50H,2,8H2. The van der Waals surface area contributed by atoms with E-state index in [9.17, 15) is 0 Å². The molecule has 0 saturated carbocycles. The molecule has 0 atom stereocenters. The van der Waals surface area contributed by atoms with Crippen LogP contribution < -0.4 is 19.6 Å². The molecule has 0 amide bonds. The van der Waals surface area contributed by atoms with Crippen molar-refractivity contribution in [2.24, 2.45) is 0 Å². The molecule has 4 heteroatoms. The summed E-state index contributed by atoms with van der Waals surface area (Å²) < 4.78 is 0. The van der Waals surface area contributed by atoms with Crippen LogP contribution in [0.15, 0.2) is 297 Å². The Kier molecular flexibility index (Phi) is 12.1. The van der Waals surface area contributed by atoms with E-state index in [1.807, 2.05) is 0 Å². The molecule has 12 rings (SSSR count). The predicted octanol–water partition coefficient (Wildman–Crippen LogP) is 19.4. The molecule has 0 N–H and O–H groups in total. The van der Waals surface area contributed by atoms with Gasteiger partial charge in [-0.05, 0) is 162 Å². The average Bonchev–Trinajstić information content (AvgIpc) is 3.46. The lowest BCUT2D eigenvalue weighted by Crippen LogP contribution is -2.16. The molecule has 0 bridgehead atoms. The minimum Gasteiger partial charge on any atom is -0.311 e. The van der Waals surface area contributed by atoms with Crippen LogP contribution in [0.1, 0.15) is 12.8 Å². The Morgan fingerprint density at radius 1 is 0.236 bits per heavy atom. The summed E-state index contributed by atoms with van der Waals surface area (Å²) in [5.74, 6) is 0. The van der Waals surface area contributed by atoms with Gasteiger partial charge >= 0.3 is 0 Å². The van der Waals surface area contributed by atoms with Crippen LogP contribution in [0, 0.1) is 0 Å². The van der Waals surface area contributed by atoms with Crippen molar-refractivity contribution in [1.29, 1.82) is 0 Å². The van der Waals surface area contributed by atoms with Crippen molar-refractivity contribution in [3.05, 3.63) is 297 Å². The summed E-state index contributed by atoms with van der Waals surface area (Å²) in [5.41, 5.74) is 15.7. The number of fused-ring (bicyclic) bond motifs is 2. The number of rotatable bonds is 13. The van der Waals surface area contributed by atoms with Gasteiger partial charge in [0.25, 0.3) is 0 Å². The van der Waals surface area contributed by atoms with E-state index in [2.05, 4.69) is 311 Å². The quantitative estimate of drug-likeness (QED) is 0.114. The van der Waals surface area contributed by atoms with Crippen molar-refractivity contribution in [1.82, 2.24) is 0 Å². The molecule has 11 aromatic rings. The van der Waals surface area contributed by atoms with E-state index in [0.717, 1.165) is 86.5 Å². The third kappa shape index (κ3) is 8.78. The largest absolute Gasteiger partial charge is 0.311 e. The first-order valence-electron chi connectivity index (χ1n) is 24.8. The van der Waals surface area contributed by atoms with Crippen molar-refractivity contribution in [3.8, 4) is 11.1 Å². The Bertz CT molecular complexity index is 3650. The maximum absolute atomic E-state index is 2.38. The van der Waals surface area contributed by atoms with Crippen LogP contribution in [-0.4, -0.2) is 0 Å². The predicted molar refractivity (Wildman–Crippen MR) is 306 cm³/mol. The molecular formula is C68H52N4. The van der Waals surface area contributed by atoms with Crippen LogP contribution in [0.25, 0.3) is 32.7 Å². The molecule has 11 aromatic carbocycles. The van der Waals surface area contributed by atoms with Crippen molar-refractivity contribution < 1.29 is 0 Å². The zero-order chi connectivity index (χ0) is 48.1. The number of anilines is 11. The highest BCUT2D eigenvalue weighted by atomic mass is 15.2. The van der Waals surface area contributed by atoms with Gasteiger partial charge in [-0.15, -0.1) is 0 Å². The molecule has 0 unspecified atom stereocenters. The van der Waals surface area contributed by atoms with Crippen LogP contribution in [0.4, 0.5) is 62.6 Å². The lowest BCUT2D eigenvalue weighted by atomic mass is 10.0. The summed E-state index contributed by atoms with van der Waals surface area (Å²) in [6.45, 7) is 0. The van der Waals surface area contributed by atoms with E-state index in [0.29, 0.717) is 0 Å². The Morgan fingerprint density at radius 2 is 0.556 bits per heavy atom. The average molecular weight is 925 g/mol. The summed E-state index contributed by atoms with van der Waals surface area (Å²) in [4.78, 5) is 9.42. The fraction of sp³-hybridized carbons (Fsp3) is 0.0294. The van der Waals surface area contributed by atoms with Crippen LogP contribution in [0.2, 0.25) is 0 Å². The first-order valence-corrected chi connectivity index (χ1v) is 24.8. The molecule has 344 valence electrons. The zero-order valence-electron chi connectivity index (χ0n) is 39.9. The molecule has 0 radical (unpaired) electrons. The van der Waals surface area contributed by atoms with Gasteiger partial charge < -0.3 is 19.6 Å². The lowest BCUT2D eigenvalue weighted by Gasteiger charge is -2.30. The summed E-state index contributed by atoms with van der Waals surface area (Å²) >= 11 is 0. The van der Waals surface area contributed by atoms with Gasteiger partial charge in [-0.2, -0.15) is 0 Å². The highest BCUT2D eigenvalue weighted by molar-refractivity contribution is 6.00. The molecule has 0 fully saturated rings. The Morgan fingerprint density at radius 3 is 0.958 bits per heavy atom. The summed E-state index contributed by atoms with van der Waals surface area (Å²) in [5, 5.41) is 4.85. The van der Waals surface area contributed by atoms with Crippen molar-refractivity contribution in [3.63, 3.8) is 0 Å². The van der Waals surface area contributed by atoms with E-state index < -0.39 is 0 Å². The maximum Gasteiger partial charge on any atom is 0.0540 e. The molecule has 0 spiro atoms.